The quantitative estimate of drug-likeness (QED) is 0.844. The van der Waals surface area contributed by atoms with Crippen LogP contribution in [0, 0.1) is 5.82 Å². The fourth-order valence-corrected chi connectivity index (χ4v) is 2.41. The van der Waals surface area contributed by atoms with Crippen molar-refractivity contribution in [3.8, 4) is 5.75 Å². The molecule has 0 radical (unpaired) electrons. The lowest BCUT2D eigenvalue weighted by atomic mass is 10.2. The van der Waals surface area contributed by atoms with Gasteiger partial charge in [-0.05, 0) is 13.1 Å². The number of ether oxygens (including phenoxy) is 1. The number of aliphatic hydroxyl groups is 1. The normalized spacial score (nSPS) is 23.7. The Morgan fingerprint density at radius 1 is 1.58 bits per heavy atom. The second-order valence-corrected chi connectivity index (χ2v) is 4.72. The fourth-order valence-electron chi connectivity index (χ4n) is 2.19. The van der Waals surface area contributed by atoms with Gasteiger partial charge in [-0.25, -0.2) is 4.39 Å². The summed E-state index contributed by atoms with van der Waals surface area (Å²) in [6.45, 7) is 0.244. The van der Waals surface area contributed by atoms with Gasteiger partial charge in [0, 0.05) is 12.6 Å². The molecule has 0 aliphatic carbocycles. The Balaban J connectivity index is 2.48. The summed E-state index contributed by atoms with van der Waals surface area (Å²) < 4.78 is 19.0. The van der Waals surface area contributed by atoms with Crippen LogP contribution in [0.5, 0.6) is 5.75 Å². The molecule has 0 spiro atoms. The van der Waals surface area contributed by atoms with Crippen LogP contribution < -0.4 is 9.64 Å². The molecule has 0 saturated carbocycles. The zero-order valence-electron chi connectivity index (χ0n) is 10.5. The van der Waals surface area contributed by atoms with E-state index < -0.39 is 18.2 Å². The molecule has 7 heteroatoms. The lowest BCUT2D eigenvalue weighted by Crippen LogP contribution is -2.41. The predicted molar refractivity (Wildman–Crippen MR) is 68.9 cm³/mol. The van der Waals surface area contributed by atoms with Crippen LogP contribution in [-0.4, -0.2) is 49.4 Å². The highest BCUT2D eigenvalue weighted by Gasteiger charge is 2.38. The van der Waals surface area contributed by atoms with Crippen molar-refractivity contribution >= 4 is 23.6 Å². The van der Waals surface area contributed by atoms with E-state index in [2.05, 4.69) is 0 Å². The number of aldehydes is 1. The minimum absolute atomic E-state index is 0.0789. The Morgan fingerprint density at radius 2 is 2.26 bits per heavy atom. The van der Waals surface area contributed by atoms with Crippen molar-refractivity contribution in [2.24, 2.45) is 0 Å². The Morgan fingerprint density at radius 3 is 2.84 bits per heavy atom. The first-order valence-electron chi connectivity index (χ1n) is 5.64. The Kier molecular flexibility index (Phi) is 3.93. The standard InChI is InChI=1S/C12H14ClFN2O3/c1-15-5-12(18)16(11(15)6-17)9-4-10(19-2)7(13)3-8(9)14/h3-4,6,11-12,18H,5H2,1-2H3. The van der Waals surface area contributed by atoms with Crippen molar-refractivity contribution in [1.82, 2.24) is 4.90 Å². The summed E-state index contributed by atoms with van der Waals surface area (Å²) >= 11 is 5.82. The van der Waals surface area contributed by atoms with Crippen molar-refractivity contribution in [1.29, 1.82) is 0 Å². The number of hydrogen-bond acceptors (Lipinski definition) is 5. The number of aliphatic hydroxyl groups excluding tert-OH is 1. The van der Waals surface area contributed by atoms with Gasteiger partial charge >= 0.3 is 0 Å². The number of anilines is 1. The number of nitrogens with zero attached hydrogens (tertiary/aromatic N) is 2. The maximum Gasteiger partial charge on any atom is 0.157 e. The molecule has 19 heavy (non-hydrogen) atoms. The third kappa shape index (κ3) is 2.39. The Labute approximate surface area is 115 Å². The minimum Gasteiger partial charge on any atom is -0.495 e. The zero-order valence-corrected chi connectivity index (χ0v) is 11.3. The molecule has 0 bridgehead atoms. The molecule has 1 fully saturated rings. The summed E-state index contributed by atoms with van der Waals surface area (Å²) in [6, 6.07) is 2.47. The molecule has 1 aliphatic heterocycles. The first-order chi connectivity index (χ1) is 8.99. The lowest BCUT2D eigenvalue weighted by molar-refractivity contribution is -0.111. The lowest BCUT2D eigenvalue weighted by Gasteiger charge is -2.27. The molecule has 1 heterocycles. The molecule has 2 rings (SSSR count). The molecule has 0 aromatic heterocycles. The van der Waals surface area contributed by atoms with Gasteiger partial charge in [0.2, 0.25) is 0 Å². The maximum absolute atomic E-state index is 14.0. The highest BCUT2D eigenvalue weighted by Crippen LogP contribution is 2.35. The number of likely N-dealkylation sites (N-methyl/N-ethyl adjacent to an activating group) is 1. The summed E-state index contributed by atoms with van der Waals surface area (Å²) in [5.74, 6) is -0.337. The van der Waals surface area contributed by atoms with Crippen LogP contribution in [0.4, 0.5) is 10.1 Å². The van der Waals surface area contributed by atoms with Gasteiger partial charge in [-0.15, -0.1) is 0 Å². The number of halogens is 2. The molecule has 1 aromatic rings. The van der Waals surface area contributed by atoms with E-state index in [0.29, 0.717) is 6.29 Å². The average molecular weight is 289 g/mol. The largest absolute Gasteiger partial charge is 0.495 e. The zero-order chi connectivity index (χ0) is 14.2. The second kappa shape index (κ2) is 5.32. The molecule has 1 aliphatic rings. The van der Waals surface area contributed by atoms with Crippen molar-refractivity contribution < 1.29 is 19.0 Å². The van der Waals surface area contributed by atoms with E-state index in [0.717, 1.165) is 6.07 Å². The number of carbonyl (C=O) groups excluding carboxylic acids is 1. The van der Waals surface area contributed by atoms with Crippen LogP contribution in [-0.2, 0) is 4.79 Å². The number of benzene rings is 1. The number of rotatable bonds is 3. The van der Waals surface area contributed by atoms with Crippen LogP contribution in [0.15, 0.2) is 12.1 Å². The number of hydrogen-bond donors (Lipinski definition) is 1. The number of methoxy groups -OCH3 is 1. The summed E-state index contributed by atoms with van der Waals surface area (Å²) in [6.07, 6.45) is -1.05. The first kappa shape index (κ1) is 14.0. The molecule has 0 amide bonds. The smallest absolute Gasteiger partial charge is 0.157 e. The van der Waals surface area contributed by atoms with Crippen molar-refractivity contribution in [2.45, 2.75) is 12.4 Å². The summed E-state index contributed by atoms with van der Waals surface area (Å²) in [5.41, 5.74) is 0.0789. The van der Waals surface area contributed by atoms with Crippen LogP contribution in [0.3, 0.4) is 0 Å². The molecule has 1 N–H and O–H groups in total. The van der Waals surface area contributed by atoms with Crippen LogP contribution in [0.25, 0.3) is 0 Å². The van der Waals surface area contributed by atoms with Gasteiger partial charge in [-0.3, -0.25) is 9.69 Å². The third-order valence-electron chi connectivity index (χ3n) is 3.13. The first-order valence-corrected chi connectivity index (χ1v) is 6.02. The van der Waals surface area contributed by atoms with Crippen LogP contribution in [0.2, 0.25) is 5.02 Å². The SMILES string of the molecule is COc1cc(N2C(O)CN(C)C2C=O)c(F)cc1Cl. The van der Waals surface area contributed by atoms with Gasteiger partial charge in [-0.2, -0.15) is 0 Å². The summed E-state index contributed by atoms with van der Waals surface area (Å²) in [4.78, 5) is 14.0. The van der Waals surface area contributed by atoms with Gasteiger partial charge in [0.15, 0.2) is 6.29 Å². The molecule has 104 valence electrons. The highest BCUT2D eigenvalue weighted by atomic mass is 35.5. The molecule has 2 atom stereocenters. The molecule has 1 saturated heterocycles. The van der Waals surface area contributed by atoms with E-state index in [-0.39, 0.29) is 23.0 Å². The molecule has 2 unspecified atom stereocenters. The van der Waals surface area contributed by atoms with Crippen molar-refractivity contribution in [3.05, 3.63) is 23.0 Å². The van der Waals surface area contributed by atoms with E-state index in [1.807, 2.05) is 0 Å². The topological polar surface area (TPSA) is 53.0 Å². The summed E-state index contributed by atoms with van der Waals surface area (Å²) in [7, 11) is 3.08. The van der Waals surface area contributed by atoms with Gasteiger partial charge < -0.3 is 14.7 Å². The van der Waals surface area contributed by atoms with Crippen LogP contribution >= 0.6 is 11.6 Å². The minimum atomic E-state index is -0.972. The summed E-state index contributed by atoms with van der Waals surface area (Å²) in [5, 5.41) is 10.1. The van der Waals surface area contributed by atoms with Crippen LogP contribution in [0.1, 0.15) is 0 Å². The Bertz CT molecular complexity index is 500. The van der Waals surface area contributed by atoms with Gasteiger partial charge in [0.1, 0.15) is 24.0 Å². The van der Waals surface area contributed by atoms with Crippen molar-refractivity contribution in [2.75, 3.05) is 25.6 Å². The Hall–Kier alpha value is -1.37. The monoisotopic (exact) mass is 288 g/mol. The number of carbonyl (C=O) groups is 1. The molecular weight excluding hydrogens is 275 g/mol. The van der Waals surface area contributed by atoms with Gasteiger partial charge in [-0.1, -0.05) is 11.6 Å². The van der Waals surface area contributed by atoms with E-state index in [1.165, 1.54) is 18.1 Å². The van der Waals surface area contributed by atoms with E-state index in [1.54, 1.807) is 11.9 Å². The van der Waals surface area contributed by atoms with E-state index in [4.69, 9.17) is 16.3 Å². The molecular formula is C12H14ClFN2O3. The number of β-amino-alcohol motifs (C(OH)–C–C–N with tert-alkyl or cyclic N) is 1. The third-order valence-corrected chi connectivity index (χ3v) is 3.43. The van der Waals surface area contributed by atoms with E-state index in [9.17, 15) is 14.3 Å². The maximum atomic E-state index is 14.0. The molecule has 5 nitrogen and oxygen atoms in total. The van der Waals surface area contributed by atoms with E-state index >= 15 is 0 Å². The highest BCUT2D eigenvalue weighted by molar-refractivity contribution is 6.32. The molecule has 1 aromatic carbocycles. The second-order valence-electron chi connectivity index (χ2n) is 4.32. The van der Waals surface area contributed by atoms with Gasteiger partial charge in [0.25, 0.3) is 0 Å². The van der Waals surface area contributed by atoms with Crippen molar-refractivity contribution in [3.63, 3.8) is 0 Å². The van der Waals surface area contributed by atoms with Gasteiger partial charge in [0.05, 0.1) is 17.8 Å². The predicted octanol–water partition coefficient (Wildman–Crippen LogP) is 1.08. The fraction of sp³-hybridized carbons (Fsp3) is 0.417. The average Bonchev–Trinajstić information content (AvgIpc) is 2.64.